The van der Waals surface area contributed by atoms with Crippen LogP contribution < -0.4 is 0 Å². The Hall–Kier alpha value is -1.87. The van der Waals surface area contributed by atoms with Gasteiger partial charge in [0.25, 0.3) is 0 Å². The molecule has 0 aliphatic heterocycles. The molecule has 0 amide bonds. The molecule has 0 saturated heterocycles. The van der Waals surface area contributed by atoms with Crippen LogP contribution in [0.4, 0.5) is 0 Å². The highest BCUT2D eigenvalue weighted by Gasteiger charge is 2.04. The van der Waals surface area contributed by atoms with Crippen molar-refractivity contribution in [3.05, 3.63) is 46.3 Å². The Bertz CT molecular complexity index is 693. The van der Waals surface area contributed by atoms with Crippen molar-refractivity contribution < 1.29 is 4.79 Å². The Balaban J connectivity index is 2.13. The molecule has 0 fully saturated rings. The third-order valence-corrected chi connectivity index (χ3v) is 3.68. The smallest absolute Gasteiger partial charge is 0.160 e. The molecular formula is C14H11NOS. The molecule has 84 valence electrons. The average Bonchev–Trinajstić information content (AvgIpc) is 2.92. The van der Waals surface area contributed by atoms with Gasteiger partial charge in [0.2, 0.25) is 0 Å². The summed E-state index contributed by atoms with van der Waals surface area (Å²) in [5.41, 5.74) is 4.58. The van der Waals surface area contributed by atoms with Gasteiger partial charge in [-0.15, -0.1) is 11.3 Å². The third-order valence-electron chi connectivity index (χ3n) is 2.82. The predicted octanol–water partition coefficient (Wildman–Crippen LogP) is 4.02. The Kier molecular flexibility index (Phi) is 2.34. The summed E-state index contributed by atoms with van der Waals surface area (Å²) in [6.45, 7) is 2.05. The van der Waals surface area contributed by atoms with E-state index >= 15 is 0 Å². The number of benzene rings is 1. The Morgan fingerprint density at radius 1 is 1.18 bits per heavy atom. The van der Waals surface area contributed by atoms with Crippen LogP contribution in [0, 0.1) is 6.92 Å². The van der Waals surface area contributed by atoms with Crippen molar-refractivity contribution in [3.63, 3.8) is 0 Å². The van der Waals surface area contributed by atoms with Crippen molar-refractivity contribution in [1.29, 1.82) is 0 Å². The van der Waals surface area contributed by atoms with Crippen LogP contribution in [-0.2, 0) is 0 Å². The highest BCUT2D eigenvalue weighted by molar-refractivity contribution is 7.12. The molecule has 0 atom stereocenters. The number of aromatic amines is 1. The van der Waals surface area contributed by atoms with Gasteiger partial charge < -0.3 is 4.98 Å². The van der Waals surface area contributed by atoms with E-state index in [9.17, 15) is 4.79 Å². The monoisotopic (exact) mass is 241 g/mol. The zero-order chi connectivity index (χ0) is 11.8. The molecule has 3 rings (SSSR count). The fourth-order valence-electron chi connectivity index (χ4n) is 2.02. The number of hydrogen-bond donors (Lipinski definition) is 1. The second kappa shape index (κ2) is 3.86. The molecule has 2 nitrogen and oxygen atoms in total. The molecular weight excluding hydrogens is 230 g/mol. The Morgan fingerprint density at radius 3 is 2.82 bits per heavy atom. The number of thiophene rings is 1. The van der Waals surface area contributed by atoms with Crippen LogP contribution in [0.25, 0.3) is 22.0 Å². The van der Waals surface area contributed by atoms with E-state index in [1.54, 1.807) is 0 Å². The number of aldehydes is 1. The molecule has 0 bridgehead atoms. The summed E-state index contributed by atoms with van der Waals surface area (Å²) in [4.78, 5) is 14.7. The molecule has 2 aromatic heterocycles. The van der Waals surface area contributed by atoms with Crippen molar-refractivity contribution in [3.8, 4) is 11.1 Å². The number of hydrogen-bond acceptors (Lipinski definition) is 2. The highest BCUT2D eigenvalue weighted by atomic mass is 32.1. The lowest BCUT2D eigenvalue weighted by molar-refractivity contribution is 0.112. The lowest BCUT2D eigenvalue weighted by atomic mass is 10.1. The van der Waals surface area contributed by atoms with Gasteiger partial charge in [0, 0.05) is 16.6 Å². The Labute approximate surface area is 103 Å². The van der Waals surface area contributed by atoms with E-state index < -0.39 is 0 Å². The summed E-state index contributed by atoms with van der Waals surface area (Å²) in [6, 6.07) is 10.4. The van der Waals surface area contributed by atoms with Gasteiger partial charge in [-0.2, -0.15) is 0 Å². The summed E-state index contributed by atoms with van der Waals surface area (Å²) in [5.74, 6) is 0. The van der Waals surface area contributed by atoms with Crippen molar-refractivity contribution in [2.45, 2.75) is 6.92 Å². The van der Waals surface area contributed by atoms with Crippen LogP contribution in [-0.4, -0.2) is 11.3 Å². The third kappa shape index (κ3) is 1.78. The fraction of sp³-hybridized carbons (Fsp3) is 0.0714. The van der Waals surface area contributed by atoms with Crippen molar-refractivity contribution in [1.82, 2.24) is 4.98 Å². The number of carbonyl (C=O) groups excluding carboxylic acids is 1. The molecule has 1 N–H and O–H groups in total. The van der Waals surface area contributed by atoms with E-state index in [2.05, 4.69) is 36.2 Å². The quantitative estimate of drug-likeness (QED) is 0.675. The first kappa shape index (κ1) is 10.3. The van der Waals surface area contributed by atoms with Crippen LogP contribution in [0.2, 0.25) is 0 Å². The van der Waals surface area contributed by atoms with E-state index in [1.807, 2.05) is 11.4 Å². The van der Waals surface area contributed by atoms with E-state index in [0.29, 0.717) is 0 Å². The predicted molar refractivity (Wildman–Crippen MR) is 71.7 cm³/mol. The first-order chi connectivity index (χ1) is 8.26. The van der Waals surface area contributed by atoms with Gasteiger partial charge in [0.15, 0.2) is 6.29 Å². The second-order valence-electron chi connectivity index (χ2n) is 4.11. The number of carbonyl (C=O) groups is 1. The lowest BCUT2D eigenvalue weighted by Crippen LogP contribution is -1.74. The van der Waals surface area contributed by atoms with Crippen LogP contribution in [0.1, 0.15) is 15.4 Å². The van der Waals surface area contributed by atoms with Crippen LogP contribution in [0.5, 0.6) is 0 Å². The summed E-state index contributed by atoms with van der Waals surface area (Å²) < 4.78 is 0. The summed E-state index contributed by atoms with van der Waals surface area (Å²) in [6.07, 6.45) is 0.896. The van der Waals surface area contributed by atoms with Gasteiger partial charge in [-0.3, -0.25) is 4.79 Å². The highest BCUT2D eigenvalue weighted by Crippen LogP contribution is 2.28. The average molecular weight is 241 g/mol. The first-order valence-corrected chi connectivity index (χ1v) is 6.28. The summed E-state index contributed by atoms with van der Waals surface area (Å²) >= 11 is 1.48. The van der Waals surface area contributed by atoms with Gasteiger partial charge in [-0.25, -0.2) is 0 Å². The molecule has 0 saturated carbocycles. The number of rotatable bonds is 2. The molecule has 0 unspecified atom stereocenters. The summed E-state index contributed by atoms with van der Waals surface area (Å²) in [7, 11) is 0. The minimum atomic E-state index is 0.769. The molecule has 0 radical (unpaired) electrons. The first-order valence-electron chi connectivity index (χ1n) is 5.40. The minimum Gasteiger partial charge on any atom is -0.359 e. The van der Waals surface area contributed by atoms with Gasteiger partial charge in [-0.05, 0) is 47.7 Å². The zero-order valence-electron chi connectivity index (χ0n) is 9.36. The standard InChI is InChI=1S/C14H11NOS/c1-9-4-11-5-10(2-3-14(11)15-9)12-6-13(7-16)17-8-12/h2-8,15H,1H3. The molecule has 2 heterocycles. The molecule has 3 aromatic rings. The maximum atomic E-state index is 10.7. The van der Waals surface area contributed by atoms with E-state index in [4.69, 9.17) is 0 Å². The van der Waals surface area contributed by atoms with Gasteiger partial charge in [0.1, 0.15) is 0 Å². The van der Waals surface area contributed by atoms with Gasteiger partial charge >= 0.3 is 0 Å². The van der Waals surface area contributed by atoms with E-state index in [0.717, 1.165) is 33.5 Å². The van der Waals surface area contributed by atoms with Crippen molar-refractivity contribution >= 4 is 28.5 Å². The molecule has 0 spiro atoms. The second-order valence-corrected chi connectivity index (χ2v) is 5.05. The number of fused-ring (bicyclic) bond motifs is 1. The topological polar surface area (TPSA) is 32.9 Å². The fourth-order valence-corrected chi connectivity index (χ4v) is 2.74. The number of aromatic nitrogens is 1. The Morgan fingerprint density at radius 2 is 2.06 bits per heavy atom. The minimum absolute atomic E-state index is 0.769. The normalized spacial score (nSPS) is 10.9. The largest absolute Gasteiger partial charge is 0.359 e. The van der Waals surface area contributed by atoms with Crippen molar-refractivity contribution in [2.75, 3.05) is 0 Å². The van der Waals surface area contributed by atoms with Crippen molar-refractivity contribution in [2.24, 2.45) is 0 Å². The van der Waals surface area contributed by atoms with E-state index in [1.165, 1.54) is 16.7 Å². The van der Waals surface area contributed by atoms with E-state index in [-0.39, 0.29) is 0 Å². The molecule has 0 aliphatic carbocycles. The number of H-pyrrole nitrogens is 1. The maximum absolute atomic E-state index is 10.7. The number of nitrogens with one attached hydrogen (secondary N) is 1. The molecule has 1 aromatic carbocycles. The van der Waals surface area contributed by atoms with Gasteiger partial charge in [-0.1, -0.05) is 6.07 Å². The van der Waals surface area contributed by atoms with Crippen LogP contribution >= 0.6 is 11.3 Å². The molecule has 17 heavy (non-hydrogen) atoms. The van der Waals surface area contributed by atoms with Gasteiger partial charge in [0.05, 0.1) is 4.88 Å². The van der Waals surface area contributed by atoms with Crippen LogP contribution in [0.3, 0.4) is 0 Å². The summed E-state index contributed by atoms with van der Waals surface area (Å²) in [5, 5.41) is 3.23. The lowest BCUT2D eigenvalue weighted by Gasteiger charge is -1.97. The number of aryl methyl sites for hydroxylation is 1. The SMILES string of the molecule is Cc1cc2cc(-c3csc(C=O)c3)ccc2[nH]1. The van der Waals surface area contributed by atoms with Crippen LogP contribution in [0.15, 0.2) is 35.7 Å². The zero-order valence-corrected chi connectivity index (χ0v) is 10.2. The molecule has 3 heteroatoms. The maximum Gasteiger partial charge on any atom is 0.160 e. The molecule has 0 aliphatic rings.